The minimum atomic E-state index is -4.19. The van der Waals surface area contributed by atoms with Crippen LogP contribution in [0.4, 0.5) is 23.7 Å². The number of halogens is 4. The lowest BCUT2D eigenvalue weighted by Crippen LogP contribution is -2.41. The summed E-state index contributed by atoms with van der Waals surface area (Å²) in [6, 6.07) is 6.06. The molecule has 3 aliphatic rings. The van der Waals surface area contributed by atoms with Crippen LogP contribution in [0.1, 0.15) is 49.7 Å². The van der Waals surface area contributed by atoms with Crippen molar-refractivity contribution in [3.63, 3.8) is 0 Å². The Morgan fingerprint density at radius 3 is 2.32 bits per heavy atom. The molecule has 34 heavy (non-hydrogen) atoms. The molecular weight excluding hydrogens is 471 g/mol. The number of nitrogens with zero attached hydrogens (tertiary/aromatic N) is 3. The summed E-state index contributed by atoms with van der Waals surface area (Å²) in [7, 11) is 0. The third-order valence-electron chi connectivity index (χ3n) is 7.36. The van der Waals surface area contributed by atoms with Crippen molar-refractivity contribution in [3.05, 3.63) is 29.3 Å². The van der Waals surface area contributed by atoms with Crippen LogP contribution in [-0.2, 0) is 17.6 Å². The highest BCUT2D eigenvalue weighted by atomic mass is 35.5. The number of carboxylic acids is 1. The fourth-order valence-corrected chi connectivity index (χ4v) is 5.54. The number of carbonyl (C=O) groups is 2. The smallest absolute Gasteiger partial charge is 0.401 e. The molecule has 1 aliphatic carbocycles. The molecule has 2 amide bonds. The average Bonchev–Trinajstić information content (AvgIpc) is 3.03. The van der Waals surface area contributed by atoms with E-state index in [9.17, 15) is 22.8 Å². The molecule has 10 heteroatoms. The molecule has 2 heterocycles. The summed E-state index contributed by atoms with van der Waals surface area (Å²) >= 11 is 0. The third-order valence-corrected chi connectivity index (χ3v) is 7.36. The van der Waals surface area contributed by atoms with Gasteiger partial charge in [0.15, 0.2) is 0 Å². The number of benzene rings is 1. The number of aliphatic carboxylic acids is 1. The molecule has 0 bridgehead atoms. The lowest BCUT2D eigenvalue weighted by Gasteiger charge is -2.34. The monoisotopic (exact) mass is 503 g/mol. The molecule has 0 spiro atoms. The fourth-order valence-electron chi connectivity index (χ4n) is 5.54. The van der Waals surface area contributed by atoms with Crippen molar-refractivity contribution in [1.29, 1.82) is 0 Å². The first-order chi connectivity index (χ1) is 15.7. The molecule has 1 saturated heterocycles. The molecule has 6 nitrogen and oxygen atoms in total. The van der Waals surface area contributed by atoms with Gasteiger partial charge in [-0.3, -0.25) is 14.6 Å². The Bertz CT molecular complexity index is 875. The van der Waals surface area contributed by atoms with Gasteiger partial charge < -0.3 is 10.0 Å². The Morgan fingerprint density at radius 2 is 1.68 bits per heavy atom. The number of carboxylic acid groups (broad SMARTS) is 1. The molecule has 2 aliphatic heterocycles. The van der Waals surface area contributed by atoms with E-state index in [1.54, 1.807) is 4.90 Å². The Hall–Kier alpha value is -2.00. The van der Waals surface area contributed by atoms with E-state index in [0.717, 1.165) is 42.5 Å². The fraction of sp³-hybridized carbons (Fsp3) is 0.667. The molecule has 0 atom stereocenters. The quantitative estimate of drug-likeness (QED) is 0.609. The number of anilines is 1. The summed E-state index contributed by atoms with van der Waals surface area (Å²) in [6.07, 6.45) is 1.57. The second-order valence-corrected chi connectivity index (χ2v) is 9.58. The van der Waals surface area contributed by atoms with Crippen molar-refractivity contribution in [2.45, 2.75) is 63.6 Å². The molecule has 0 aromatic heterocycles. The molecule has 2 fully saturated rings. The number of hydrogen-bond donors (Lipinski definition) is 1. The highest BCUT2D eigenvalue weighted by Gasteiger charge is 2.37. The Balaban J connectivity index is 0.00000324. The number of rotatable bonds is 6. The third kappa shape index (κ3) is 6.56. The van der Waals surface area contributed by atoms with Crippen LogP contribution in [0, 0.1) is 5.92 Å². The van der Waals surface area contributed by atoms with Gasteiger partial charge in [-0.25, -0.2) is 4.79 Å². The zero-order valence-corrected chi connectivity index (χ0v) is 20.0. The molecule has 1 N–H and O–H groups in total. The van der Waals surface area contributed by atoms with Crippen LogP contribution in [0.2, 0.25) is 0 Å². The van der Waals surface area contributed by atoms with Crippen molar-refractivity contribution in [2.24, 2.45) is 5.92 Å². The summed E-state index contributed by atoms with van der Waals surface area (Å²) in [5.74, 6) is -0.330. The number of carbonyl (C=O) groups excluding carboxylic acids is 1. The second-order valence-electron chi connectivity index (χ2n) is 9.58. The molecule has 190 valence electrons. The van der Waals surface area contributed by atoms with Crippen LogP contribution >= 0.6 is 12.4 Å². The average molecular weight is 504 g/mol. The van der Waals surface area contributed by atoms with E-state index < -0.39 is 18.7 Å². The lowest BCUT2D eigenvalue weighted by molar-refractivity contribution is -0.145. The maximum atomic E-state index is 13.2. The number of hydrogen-bond acceptors (Lipinski definition) is 3. The van der Waals surface area contributed by atoms with E-state index in [-0.39, 0.29) is 30.9 Å². The minimum Gasteiger partial charge on any atom is -0.481 e. The van der Waals surface area contributed by atoms with Gasteiger partial charge in [-0.2, -0.15) is 13.2 Å². The van der Waals surface area contributed by atoms with Crippen LogP contribution in [-0.4, -0.2) is 71.8 Å². The van der Waals surface area contributed by atoms with Crippen LogP contribution in [0.15, 0.2) is 18.2 Å². The van der Waals surface area contributed by atoms with Crippen molar-refractivity contribution in [2.75, 3.05) is 37.6 Å². The van der Waals surface area contributed by atoms with Crippen molar-refractivity contribution in [3.8, 4) is 0 Å². The molecular formula is C24H33ClF3N3O3. The molecule has 1 saturated carbocycles. The summed E-state index contributed by atoms with van der Waals surface area (Å²) < 4.78 is 38.3. The normalized spacial score (nSPS) is 23.9. The Morgan fingerprint density at radius 1 is 1.00 bits per heavy atom. The van der Waals surface area contributed by atoms with Gasteiger partial charge in [0.05, 0.1) is 6.54 Å². The van der Waals surface area contributed by atoms with Gasteiger partial charge in [-0.05, 0) is 74.1 Å². The van der Waals surface area contributed by atoms with Crippen molar-refractivity contribution >= 4 is 30.1 Å². The topological polar surface area (TPSA) is 64.1 Å². The molecule has 1 aromatic carbocycles. The van der Waals surface area contributed by atoms with Gasteiger partial charge in [0.2, 0.25) is 0 Å². The maximum absolute atomic E-state index is 13.2. The zero-order chi connectivity index (χ0) is 23.6. The van der Waals surface area contributed by atoms with E-state index in [2.05, 4.69) is 0 Å². The van der Waals surface area contributed by atoms with Gasteiger partial charge >= 0.3 is 18.2 Å². The highest BCUT2D eigenvalue weighted by molar-refractivity contribution is 5.94. The standard InChI is InChI=1S/C24H32F3N3O3.ClH/c25-24(26,27)16-28-11-9-18-4-7-21(15-19(18)10-12-28)30-14-13-29(23(30)33)20-5-1-17(2-6-20)3-8-22(31)32;/h4,7,15,17,20H,1-3,5-6,8-14,16H2,(H,31,32);1H. The summed E-state index contributed by atoms with van der Waals surface area (Å²) in [4.78, 5) is 29.2. The van der Waals surface area contributed by atoms with Crippen molar-refractivity contribution < 1.29 is 27.9 Å². The Kier molecular flexibility index (Phi) is 8.73. The van der Waals surface area contributed by atoms with Crippen LogP contribution in [0.5, 0.6) is 0 Å². The minimum absolute atomic E-state index is 0. The van der Waals surface area contributed by atoms with E-state index in [1.807, 2.05) is 23.1 Å². The van der Waals surface area contributed by atoms with E-state index >= 15 is 0 Å². The number of fused-ring (bicyclic) bond motifs is 1. The lowest BCUT2D eigenvalue weighted by atomic mass is 9.83. The SMILES string of the molecule is Cl.O=C(O)CCC1CCC(N2CCN(c3ccc4c(c3)CCN(CC(F)(F)F)CC4)C2=O)CC1. The number of amides is 2. The van der Waals surface area contributed by atoms with Gasteiger partial charge in [0, 0.05) is 44.3 Å². The van der Waals surface area contributed by atoms with Crippen LogP contribution < -0.4 is 4.90 Å². The first kappa shape index (κ1) is 26.6. The predicted molar refractivity (Wildman–Crippen MR) is 126 cm³/mol. The largest absolute Gasteiger partial charge is 0.481 e. The maximum Gasteiger partial charge on any atom is 0.401 e. The summed E-state index contributed by atoms with van der Waals surface area (Å²) in [5, 5.41) is 8.88. The number of urea groups is 1. The van der Waals surface area contributed by atoms with E-state index in [0.29, 0.717) is 51.4 Å². The van der Waals surface area contributed by atoms with Crippen molar-refractivity contribution in [1.82, 2.24) is 9.80 Å². The van der Waals surface area contributed by atoms with Crippen LogP contribution in [0.3, 0.4) is 0 Å². The predicted octanol–water partition coefficient (Wildman–Crippen LogP) is 4.74. The second kappa shape index (κ2) is 11.2. The summed E-state index contributed by atoms with van der Waals surface area (Å²) in [5.41, 5.74) is 2.91. The highest BCUT2D eigenvalue weighted by Crippen LogP contribution is 2.34. The van der Waals surface area contributed by atoms with Gasteiger partial charge in [0.25, 0.3) is 0 Å². The first-order valence-electron chi connectivity index (χ1n) is 11.9. The number of alkyl halides is 3. The summed E-state index contributed by atoms with van der Waals surface area (Å²) in [6.45, 7) is 1.14. The first-order valence-corrected chi connectivity index (χ1v) is 11.9. The van der Waals surface area contributed by atoms with E-state index in [1.165, 1.54) is 4.90 Å². The molecule has 1 aromatic rings. The Labute approximate surface area is 204 Å². The van der Waals surface area contributed by atoms with Gasteiger partial charge in [0.1, 0.15) is 0 Å². The van der Waals surface area contributed by atoms with Gasteiger partial charge in [-0.15, -0.1) is 12.4 Å². The van der Waals surface area contributed by atoms with Crippen LogP contribution in [0.25, 0.3) is 0 Å². The van der Waals surface area contributed by atoms with Gasteiger partial charge in [-0.1, -0.05) is 6.07 Å². The molecule has 4 rings (SSSR count). The molecule has 0 radical (unpaired) electrons. The van der Waals surface area contributed by atoms with E-state index in [4.69, 9.17) is 5.11 Å². The zero-order valence-electron chi connectivity index (χ0n) is 19.2. The molecule has 0 unspecified atom stereocenters.